The summed E-state index contributed by atoms with van der Waals surface area (Å²) in [7, 11) is 1.97. The SMILES string of the molecule is Cc1nn(C)c(C)c1CC(C)C(=O)N1CCC(NCC2CC2)CC1.Cl.Cl. The van der Waals surface area contributed by atoms with E-state index in [0.29, 0.717) is 11.9 Å². The maximum absolute atomic E-state index is 12.8. The molecule has 1 aliphatic heterocycles. The summed E-state index contributed by atoms with van der Waals surface area (Å²) in [5, 5.41) is 8.15. The van der Waals surface area contributed by atoms with Gasteiger partial charge in [-0.05, 0) is 64.0 Å². The molecule has 2 heterocycles. The third-order valence-electron chi connectivity index (χ3n) is 5.79. The average Bonchev–Trinajstić information content (AvgIpc) is 3.37. The molecule has 1 amide bonds. The monoisotopic (exact) mass is 404 g/mol. The molecule has 1 saturated carbocycles. The van der Waals surface area contributed by atoms with Gasteiger partial charge in [0, 0.05) is 37.8 Å². The van der Waals surface area contributed by atoms with Crippen LogP contribution in [0.5, 0.6) is 0 Å². The lowest BCUT2D eigenvalue weighted by molar-refractivity contribution is -0.136. The van der Waals surface area contributed by atoms with Crippen molar-refractivity contribution in [1.29, 1.82) is 0 Å². The Bertz CT molecular complexity index is 593. The summed E-state index contributed by atoms with van der Waals surface area (Å²) in [5.41, 5.74) is 3.46. The van der Waals surface area contributed by atoms with E-state index in [9.17, 15) is 4.79 Å². The zero-order valence-electron chi connectivity index (χ0n) is 16.5. The number of carbonyl (C=O) groups is 1. The van der Waals surface area contributed by atoms with Gasteiger partial charge >= 0.3 is 0 Å². The van der Waals surface area contributed by atoms with Crippen LogP contribution in [0.2, 0.25) is 0 Å². The Morgan fingerprint density at radius 1 is 1.19 bits per heavy atom. The molecule has 1 N–H and O–H groups in total. The summed E-state index contributed by atoms with van der Waals surface area (Å²) in [4.78, 5) is 14.9. The van der Waals surface area contributed by atoms with Crippen LogP contribution >= 0.6 is 24.8 Å². The fourth-order valence-corrected chi connectivity index (χ4v) is 3.78. The third-order valence-corrected chi connectivity index (χ3v) is 5.79. The second-order valence-corrected chi connectivity index (χ2v) is 7.83. The van der Waals surface area contributed by atoms with Crippen LogP contribution in [-0.2, 0) is 18.3 Å². The molecule has 1 atom stereocenters. The van der Waals surface area contributed by atoms with E-state index in [0.717, 1.165) is 44.0 Å². The quantitative estimate of drug-likeness (QED) is 0.792. The molecule has 5 nitrogen and oxygen atoms in total. The third kappa shape index (κ3) is 5.61. The van der Waals surface area contributed by atoms with Crippen LogP contribution < -0.4 is 5.32 Å². The molecule has 0 aromatic carbocycles. The fourth-order valence-electron chi connectivity index (χ4n) is 3.78. The lowest BCUT2D eigenvalue weighted by Gasteiger charge is -2.34. The van der Waals surface area contributed by atoms with Crippen LogP contribution in [0, 0.1) is 25.7 Å². The molecule has 1 saturated heterocycles. The number of nitrogens with one attached hydrogen (secondary N) is 1. The highest BCUT2D eigenvalue weighted by Gasteiger charge is 2.28. The topological polar surface area (TPSA) is 50.2 Å². The summed E-state index contributed by atoms with van der Waals surface area (Å²) in [6.45, 7) is 9.16. The number of amides is 1. The first kappa shape index (κ1) is 23.3. The van der Waals surface area contributed by atoms with Crippen molar-refractivity contribution in [1.82, 2.24) is 20.0 Å². The lowest BCUT2D eigenvalue weighted by atomic mass is 9.96. The van der Waals surface area contributed by atoms with Crippen LogP contribution in [0.15, 0.2) is 0 Å². The van der Waals surface area contributed by atoms with Gasteiger partial charge in [-0.3, -0.25) is 9.48 Å². The van der Waals surface area contributed by atoms with Crippen LogP contribution in [0.1, 0.15) is 49.6 Å². The predicted octanol–water partition coefficient (Wildman–Crippen LogP) is 3.05. The molecule has 1 aromatic heterocycles. The van der Waals surface area contributed by atoms with E-state index >= 15 is 0 Å². The van der Waals surface area contributed by atoms with Gasteiger partial charge in [0.05, 0.1) is 5.69 Å². The van der Waals surface area contributed by atoms with Crippen LogP contribution in [-0.4, -0.2) is 46.3 Å². The number of halogens is 2. The van der Waals surface area contributed by atoms with Gasteiger partial charge in [0.25, 0.3) is 0 Å². The van der Waals surface area contributed by atoms with E-state index in [4.69, 9.17) is 0 Å². The Balaban J connectivity index is 0.00000169. The van der Waals surface area contributed by atoms with Crippen molar-refractivity contribution in [3.63, 3.8) is 0 Å². The second-order valence-electron chi connectivity index (χ2n) is 7.83. The van der Waals surface area contributed by atoms with Crippen molar-refractivity contribution in [2.24, 2.45) is 18.9 Å². The van der Waals surface area contributed by atoms with Gasteiger partial charge in [-0.25, -0.2) is 0 Å². The van der Waals surface area contributed by atoms with Gasteiger partial charge in [-0.2, -0.15) is 5.10 Å². The van der Waals surface area contributed by atoms with E-state index in [1.807, 2.05) is 18.7 Å². The Kier molecular flexibility index (Phi) is 8.90. The predicted molar refractivity (Wildman–Crippen MR) is 110 cm³/mol. The number of aryl methyl sites for hydroxylation is 2. The number of nitrogens with zero attached hydrogens (tertiary/aromatic N) is 3. The van der Waals surface area contributed by atoms with E-state index in [2.05, 4.69) is 29.2 Å². The highest BCUT2D eigenvalue weighted by molar-refractivity contribution is 5.85. The van der Waals surface area contributed by atoms with Gasteiger partial charge in [-0.1, -0.05) is 6.92 Å². The van der Waals surface area contributed by atoms with Crippen LogP contribution in [0.4, 0.5) is 0 Å². The molecular weight excluding hydrogens is 371 g/mol. The number of aromatic nitrogens is 2. The summed E-state index contributed by atoms with van der Waals surface area (Å²) >= 11 is 0. The molecule has 1 aromatic rings. The Labute approximate surface area is 170 Å². The largest absolute Gasteiger partial charge is 0.342 e. The minimum Gasteiger partial charge on any atom is -0.342 e. The van der Waals surface area contributed by atoms with E-state index in [-0.39, 0.29) is 30.7 Å². The smallest absolute Gasteiger partial charge is 0.225 e. The Morgan fingerprint density at radius 3 is 2.31 bits per heavy atom. The molecule has 1 unspecified atom stereocenters. The minimum atomic E-state index is 0. The number of likely N-dealkylation sites (tertiary alicyclic amines) is 1. The number of carbonyl (C=O) groups excluding carboxylic acids is 1. The van der Waals surface area contributed by atoms with Crippen molar-refractivity contribution in [2.75, 3.05) is 19.6 Å². The molecular formula is C19H34Cl2N4O. The van der Waals surface area contributed by atoms with Gasteiger partial charge < -0.3 is 10.2 Å². The molecule has 0 spiro atoms. The molecule has 0 radical (unpaired) electrons. The van der Waals surface area contributed by atoms with Gasteiger partial charge in [-0.15, -0.1) is 24.8 Å². The molecule has 3 rings (SSSR count). The van der Waals surface area contributed by atoms with E-state index in [1.165, 1.54) is 30.6 Å². The summed E-state index contributed by atoms with van der Waals surface area (Å²) in [6.07, 6.45) is 5.78. The first-order valence-corrected chi connectivity index (χ1v) is 9.47. The molecule has 0 bridgehead atoms. The lowest BCUT2D eigenvalue weighted by Crippen LogP contribution is -2.47. The van der Waals surface area contributed by atoms with Crippen molar-refractivity contribution < 1.29 is 4.79 Å². The zero-order valence-corrected chi connectivity index (χ0v) is 18.1. The van der Waals surface area contributed by atoms with Crippen molar-refractivity contribution in [3.05, 3.63) is 17.0 Å². The molecule has 2 fully saturated rings. The minimum absolute atomic E-state index is 0. The molecule has 26 heavy (non-hydrogen) atoms. The highest BCUT2D eigenvalue weighted by atomic mass is 35.5. The Hall–Kier alpha value is -0.780. The van der Waals surface area contributed by atoms with Gasteiger partial charge in [0.1, 0.15) is 0 Å². The van der Waals surface area contributed by atoms with Crippen molar-refractivity contribution in [3.8, 4) is 0 Å². The maximum Gasteiger partial charge on any atom is 0.225 e. The number of rotatable bonds is 6. The van der Waals surface area contributed by atoms with E-state index in [1.54, 1.807) is 0 Å². The zero-order chi connectivity index (χ0) is 17.3. The second kappa shape index (κ2) is 9.95. The molecule has 1 aliphatic carbocycles. The number of hydrogen-bond acceptors (Lipinski definition) is 3. The molecule has 150 valence electrons. The summed E-state index contributed by atoms with van der Waals surface area (Å²) in [5.74, 6) is 1.26. The normalized spacial score (nSPS) is 18.8. The summed E-state index contributed by atoms with van der Waals surface area (Å²) < 4.78 is 1.92. The maximum atomic E-state index is 12.8. The molecule has 7 heteroatoms. The first-order chi connectivity index (χ1) is 11.5. The number of hydrogen-bond donors (Lipinski definition) is 1. The first-order valence-electron chi connectivity index (χ1n) is 9.47. The van der Waals surface area contributed by atoms with Crippen LogP contribution in [0.25, 0.3) is 0 Å². The fraction of sp³-hybridized carbons (Fsp3) is 0.789. The van der Waals surface area contributed by atoms with Gasteiger partial charge in [0.15, 0.2) is 0 Å². The standard InChI is InChI=1S/C19H32N4O.2ClH/c1-13(11-18-14(2)21-22(4)15(18)3)19(24)23-9-7-17(8-10-23)20-12-16-5-6-16;;/h13,16-17,20H,5-12H2,1-4H3;2*1H. The average molecular weight is 405 g/mol. The highest BCUT2D eigenvalue weighted by Crippen LogP contribution is 2.28. The van der Waals surface area contributed by atoms with Crippen molar-refractivity contribution in [2.45, 2.75) is 58.9 Å². The number of piperidine rings is 1. The van der Waals surface area contributed by atoms with Gasteiger partial charge in [0.2, 0.25) is 5.91 Å². The summed E-state index contributed by atoms with van der Waals surface area (Å²) in [6, 6.07) is 0.604. The Morgan fingerprint density at radius 2 is 1.81 bits per heavy atom. The van der Waals surface area contributed by atoms with E-state index < -0.39 is 0 Å². The van der Waals surface area contributed by atoms with Crippen molar-refractivity contribution >= 4 is 30.7 Å². The molecule has 2 aliphatic rings. The van der Waals surface area contributed by atoms with Crippen LogP contribution in [0.3, 0.4) is 0 Å².